The molecule has 7 heteroatoms. The molecule has 0 aliphatic heterocycles. The molecule has 0 aliphatic rings. The summed E-state index contributed by atoms with van der Waals surface area (Å²) in [7, 11) is 0. The van der Waals surface area contributed by atoms with E-state index >= 15 is 0 Å². The third-order valence-corrected chi connectivity index (χ3v) is 3.61. The number of imidazole rings is 1. The predicted molar refractivity (Wildman–Crippen MR) is 90.2 cm³/mol. The zero-order valence-electron chi connectivity index (χ0n) is 13.2. The van der Waals surface area contributed by atoms with Crippen LogP contribution in [-0.2, 0) is 11.3 Å². The molecule has 0 unspecified atom stereocenters. The summed E-state index contributed by atoms with van der Waals surface area (Å²) in [5.74, 6) is -0.198. The number of rotatable bonds is 6. The number of nitrogens with zero attached hydrogens (tertiary/aromatic N) is 2. The van der Waals surface area contributed by atoms with Gasteiger partial charge < -0.3 is 10.1 Å². The molecule has 2 aromatic carbocycles. The van der Waals surface area contributed by atoms with Gasteiger partial charge in [0.15, 0.2) is 17.6 Å². The van der Waals surface area contributed by atoms with Crippen molar-refractivity contribution in [3.8, 4) is 5.75 Å². The first-order valence-electron chi connectivity index (χ1n) is 7.53. The van der Waals surface area contributed by atoms with E-state index < -0.39 is 6.61 Å². The second-order valence-electron chi connectivity index (χ2n) is 5.27. The first-order valence-corrected chi connectivity index (χ1v) is 7.53. The Labute approximate surface area is 142 Å². The Morgan fingerprint density at radius 1 is 1.24 bits per heavy atom. The smallest absolute Gasteiger partial charge is 0.387 e. The van der Waals surface area contributed by atoms with E-state index in [2.05, 4.69) is 16.6 Å². The molecule has 0 radical (unpaired) electrons. The van der Waals surface area contributed by atoms with Crippen LogP contribution in [-0.4, -0.2) is 17.1 Å². The third-order valence-electron chi connectivity index (χ3n) is 3.61. The Hall–Kier alpha value is -3.22. The number of aromatic nitrogens is 2. The Kier molecular flexibility index (Phi) is 4.74. The van der Waals surface area contributed by atoms with Crippen molar-refractivity contribution in [1.82, 2.24) is 4.57 Å². The number of fused-ring (bicyclic) bond motifs is 1. The predicted octanol–water partition coefficient (Wildman–Crippen LogP) is 3.27. The minimum Gasteiger partial charge on any atom is -0.435 e. The van der Waals surface area contributed by atoms with Crippen LogP contribution >= 0.6 is 0 Å². The van der Waals surface area contributed by atoms with Crippen molar-refractivity contribution in [3.63, 3.8) is 0 Å². The van der Waals surface area contributed by atoms with Crippen LogP contribution in [0.1, 0.15) is 0 Å². The summed E-state index contributed by atoms with van der Waals surface area (Å²) in [6, 6.07) is 13.4. The molecule has 0 saturated carbocycles. The molecule has 1 N–H and O–H groups in total. The molecule has 0 atom stereocenters. The fraction of sp³-hybridized carbons (Fsp3) is 0.111. The van der Waals surface area contributed by atoms with Crippen molar-refractivity contribution in [2.24, 2.45) is 0 Å². The van der Waals surface area contributed by atoms with Crippen molar-refractivity contribution in [2.75, 3.05) is 5.32 Å². The lowest BCUT2D eigenvalue weighted by molar-refractivity contribution is -0.658. The van der Waals surface area contributed by atoms with Gasteiger partial charge in [-0.1, -0.05) is 18.7 Å². The summed E-state index contributed by atoms with van der Waals surface area (Å²) >= 11 is 0. The van der Waals surface area contributed by atoms with Gasteiger partial charge in [0.25, 0.3) is 5.91 Å². The van der Waals surface area contributed by atoms with E-state index in [1.54, 1.807) is 17.1 Å². The van der Waals surface area contributed by atoms with Crippen LogP contribution in [0.4, 0.5) is 14.5 Å². The number of halogens is 2. The van der Waals surface area contributed by atoms with Gasteiger partial charge in [0.2, 0.25) is 6.33 Å². The van der Waals surface area contributed by atoms with Crippen molar-refractivity contribution < 1.29 is 22.9 Å². The molecule has 0 fully saturated rings. The number of hydrogen-bond donors (Lipinski definition) is 1. The van der Waals surface area contributed by atoms with Gasteiger partial charge in [-0.2, -0.15) is 8.78 Å². The fourth-order valence-electron chi connectivity index (χ4n) is 2.55. The fourth-order valence-corrected chi connectivity index (χ4v) is 2.55. The maximum absolute atomic E-state index is 12.3. The van der Waals surface area contributed by atoms with E-state index in [0.717, 1.165) is 11.0 Å². The molecule has 128 valence electrons. The Morgan fingerprint density at radius 2 is 1.96 bits per heavy atom. The summed E-state index contributed by atoms with van der Waals surface area (Å²) in [5.41, 5.74) is 2.34. The number of ether oxygens (including phenoxy) is 1. The number of carbonyl (C=O) groups is 1. The summed E-state index contributed by atoms with van der Waals surface area (Å²) in [5, 5.41) is 2.73. The van der Waals surface area contributed by atoms with Crippen molar-refractivity contribution >= 4 is 28.8 Å². The van der Waals surface area contributed by atoms with Crippen molar-refractivity contribution in [3.05, 3.63) is 61.4 Å². The zero-order valence-corrected chi connectivity index (χ0v) is 13.2. The van der Waals surface area contributed by atoms with Gasteiger partial charge in [-0.05, 0) is 36.4 Å². The lowest BCUT2D eigenvalue weighted by Crippen LogP contribution is -2.39. The SMILES string of the molecule is C=Cn1c[n+](CC(=O)Nc2ccc(OC(F)F)cc2)c2ccccc21. The molecular weight excluding hydrogens is 328 g/mol. The molecule has 25 heavy (non-hydrogen) atoms. The molecule has 1 aromatic heterocycles. The van der Waals surface area contributed by atoms with Crippen LogP contribution in [0, 0.1) is 0 Å². The quantitative estimate of drug-likeness (QED) is 0.698. The minimum absolute atomic E-state index is 0.0384. The Balaban J connectivity index is 1.72. The molecule has 3 aromatic rings. The zero-order chi connectivity index (χ0) is 17.8. The number of benzene rings is 2. The highest BCUT2D eigenvalue weighted by Crippen LogP contribution is 2.17. The molecule has 1 heterocycles. The molecule has 0 aliphatic carbocycles. The molecule has 3 rings (SSSR count). The molecule has 5 nitrogen and oxygen atoms in total. The third kappa shape index (κ3) is 3.82. The number of carbonyl (C=O) groups excluding carboxylic acids is 1. The van der Waals surface area contributed by atoms with Crippen LogP contribution in [0.2, 0.25) is 0 Å². The van der Waals surface area contributed by atoms with Gasteiger partial charge in [0.05, 0.1) is 6.20 Å². The Morgan fingerprint density at radius 3 is 2.64 bits per heavy atom. The molecular formula is C18H16F2N3O2+. The van der Waals surface area contributed by atoms with Crippen LogP contribution in [0.15, 0.2) is 61.4 Å². The second kappa shape index (κ2) is 7.12. The Bertz CT molecular complexity index is 904. The van der Waals surface area contributed by atoms with Crippen LogP contribution in [0.3, 0.4) is 0 Å². The van der Waals surface area contributed by atoms with Crippen LogP contribution in [0.25, 0.3) is 17.2 Å². The number of para-hydroxylation sites is 2. The molecule has 0 bridgehead atoms. The van der Waals surface area contributed by atoms with E-state index in [9.17, 15) is 13.6 Å². The van der Waals surface area contributed by atoms with E-state index in [-0.39, 0.29) is 18.2 Å². The number of anilines is 1. The van der Waals surface area contributed by atoms with Gasteiger partial charge >= 0.3 is 6.61 Å². The van der Waals surface area contributed by atoms with E-state index in [1.807, 2.05) is 28.8 Å². The normalized spacial score (nSPS) is 10.8. The number of amides is 1. The first kappa shape index (κ1) is 16.6. The number of nitrogens with one attached hydrogen (secondary N) is 1. The maximum Gasteiger partial charge on any atom is 0.387 e. The standard InChI is InChI=1S/C18H15F2N3O2/c1-2-22-12-23(16-6-4-3-5-15(16)22)11-17(24)21-13-7-9-14(10-8-13)25-18(19)20/h2-10,12,18H,1,11H2/p+1. The average molecular weight is 344 g/mol. The number of alkyl halides is 2. The average Bonchev–Trinajstić information content (AvgIpc) is 2.94. The van der Waals surface area contributed by atoms with E-state index in [4.69, 9.17) is 0 Å². The van der Waals surface area contributed by atoms with Gasteiger partial charge in [0.1, 0.15) is 5.75 Å². The largest absolute Gasteiger partial charge is 0.435 e. The molecule has 0 saturated heterocycles. The maximum atomic E-state index is 12.3. The van der Waals surface area contributed by atoms with Crippen LogP contribution < -0.4 is 14.6 Å². The summed E-state index contributed by atoms with van der Waals surface area (Å²) in [6.45, 7) is 0.986. The lowest BCUT2D eigenvalue weighted by Gasteiger charge is -2.07. The van der Waals surface area contributed by atoms with E-state index in [0.29, 0.717) is 5.69 Å². The summed E-state index contributed by atoms with van der Waals surface area (Å²) in [6.07, 6.45) is 3.45. The van der Waals surface area contributed by atoms with Crippen molar-refractivity contribution in [2.45, 2.75) is 13.2 Å². The summed E-state index contributed by atoms with van der Waals surface area (Å²) < 4.78 is 32.2. The van der Waals surface area contributed by atoms with Gasteiger partial charge in [-0.15, -0.1) is 0 Å². The lowest BCUT2D eigenvalue weighted by atomic mass is 10.3. The monoisotopic (exact) mass is 344 g/mol. The van der Waals surface area contributed by atoms with Crippen molar-refractivity contribution in [1.29, 1.82) is 0 Å². The highest BCUT2D eigenvalue weighted by molar-refractivity contribution is 5.90. The topological polar surface area (TPSA) is 47.1 Å². The second-order valence-corrected chi connectivity index (χ2v) is 5.27. The van der Waals surface area contributed by atoms with Gasteiger partial charge in [0, 0.05) is 5.69 Å². The highest BCUT2D eigenvalue weighted by atomic mass is 19.3. The molecule has 1 amide bonds. The van der Waals surface area contributed by atoms with Gasteiger partial charge in [-0.3, -0.25) is 4.79 Å². The highest BCUT2D eigenvalue weighted by Gasteiger charge is 2.16. The van der Waals surface area contributed by atoms with Gasteiger partial charge in [-0.25, -0.2) is 9.13 Å². The minimum atomic E-state index is -2.88. The van der Waals surface area contributed by atoms with E-state index in [1.165, 1.54) is 24.3 Å². The number of hydrogen-bond acceptors (Lipinski definition) is 2. The van der Waals surface area contributed by atoms with Crippen LogP contribution in [0.5, 0.6) is 5.75 Å². The first-order chi connectivity index (χ1) is 12.1. The summed E-state index contributed by atoms with van der Waals surface area (Å²) in [4.78, 5) is 12.3. The molecule has 0 spiro atoms.